The van der Waals surface area contributed by atoms with Crippen molar-refractivity contribution in [1.82, 2.24) is 5.32 Å². The predicted molar refractivity (Wildman–Crippen MR) is 83.5 cm³/mol. The predicted octanol–water partition coefficient (Wildman–Crippen LogP) is 2.24. The van der Waals surface area contributed by atoms with E-state index in [1.807, 2.05) is 6.92 Å². The maximum absolute atomic E-state index is 12.4. The van der Waals surface area contributed by atoms with Crippen LogP contribution in [-0.2, 0) is 0 Å². The summed E-state index contributed by atoms with van der Waals surface area (Å²) < 4.78 is 16.0. The molecule has 2 rings (SSSR count). The number of hydrogen-bond donors (Lipinski definition) is 1. The Balaban J connectivity index is 2.24. The van der Waals surface area contributed by atoms with Crippen molar-refractivity contribution in [2.45, 2.75) is 25.8 Å². The van der Waals surface area contributed by atoms with Crippen LogP contribution >= 0.6 is 0 Å². The fourth-order valence-electron chi connectivity index (χ4n) is 2.27. The number of methoxy groups -OCH3 is 2. The van der Waals surface area contributed by atoms with Gasteiger partial charge in [-0.2, -0.15) is 0 Å². The highest BCUT2D eigenvalue weighted by Gasteiger charge is 2.29. The Bertz CT molecular complexity index is 562. The smallest absolute Gasteiger partial charge is 0.251 e. The zero-order chi connectivity index (χ0) is 16.1. The SMILES string of the molecule is C#CCOc1c(OC)cc(C(=O)NC(C)C2CC2)cc1OC. The van der Waals surface area contributed by atoms with Crippen molar-refractivity contribution in [3.8, 4) is 29.6 Å². The third kappa shape index (κ3) is 3.64. The summed E-state index contributed by atoms with van der Waals surface area (Å²) in [4.78, 5) is 12.4. The molecule has 0 saturated heterocycles. The van der Waals surface area contributed by atoms with Gasteiger partial charge in [0, 0.05) is 11.6 Å². The van der Waals surface area contributed by atoms with Crippen LogP contribution in [0, 0.1) is 18.3 Å². The highest BCUT2D eigenvalue weighted by Crippen LogP contribution is 2.39. The molecule has 1 aromatic rings. The number of carbonyl (C=O) groups is 1. The van der Waals surface area contributed by atoms with Crippen LogP contribution in [0.1, 0.15) is 30.1 Å². The maximum atomic E-state index is 12.4. The average molecular weight is 303 g/mol. The van der Waals surface area contributed by atoms with Crippen LogP contribution in [0.4, 0.5) is 0 Å². The van der Waals surface area contributed by atoms with Crippen molar-refractivity contribution < 1.29 is 19.0 Å². The lowest BCUT2D eigenvalue weighted by molar-refractivity contribution is 0.0935. The molecule has 0 heterocycles. The molecular weight excluding hydrogens is 282 g/mol. The highest BCUT2D eigenvalue weighted by atomic mass is 16.5. The van der Waals surface area contributed by atoms with Gasteiger partial charge in [0.05, 0.1) is 14.2 Å². The Morgan fingerprint density at radius 2 is 1.95 bits per heavy atom. The molecule has 1 fully saturated rings. The minimum Gasteiger partial charge on any atom is -0.493 e. The second-order valence-electron chi connectivity index (χ2n) is 5.30. The van der Waals surface area contributed by atoms with Gasteiger partial charge in [-0.25, -0.2) is 0 Å². The van der Waals surface area contributed by atoms with Gasteiger partial charge in [-0.15, -0.1) is 6.42 Å². The molecule has 0 bridgehead atoms. The van der Waals surface area contributed by atoms with E-state index in [0.29, 0.717) is 28.7 Å². The number of carbonyl (C=O) groups excluding carboxylic acids is 1. The number of ether oxygens (including phenoxy) is 3. The van der Waals surface area contributed by atoms with Gasteiger partial charge in [0.1, 0.15) is 6.61 Å². The van der Waals surface area contributed by atoms with Crippen LogP contribution in [0.3, 0.4) is 0 Å². The summed E-state index contributed by atoms with van der Waals surface area (Å²) in [6.45, 7) is 2.12. The van der Waals surface area contributed by atoms with Gasteiger partial charge in [-0.1, -0.05) is 5.92 Å². The minimum absolute atomic E-state index is 0.0942. The summed E-state index contributed by atoms with van der Waals surface area (Å²) in [5, 5.41) is 3.00. The van der Waals surface area contributed by atoms with E-state index in [1.54, 1.807) is 12.1 Å². The number of terminal acetylenes is 1. The fraction of sp³-hybridized carbons (Fsp3) is 0.471. The Kier molecular flexibility index (Phi) is 5.16. The first-order valence-electron chi connectivity index (χ1n) is 7.23. The van der Waals surface area contributed by atoms with Gasteiger partial charge in [0.2, 0.25) is 5.75 Å². The summed E-state index contributed by atoms with van der Waals surface area (Å²) in [7, 11) is 3.01. The molecule has 1 aliphatic carbocycles. The molecule has 0 radical (unpaired) electrons. The van der Waals surface area contributed by atoms with Crippen molar-refractivity contribution in [1.29, 1.82) is 0 Å². The first-order chi connectivity index (χ1) is 10.6. The summed E-state index contributed by atoms with van der Waals surface area (Å²) in [5.74, 6) is 4.05. The lowest BCUT2D eigenvalue weighted by Crippen LogP contribution is -2.34. The molecule has 1 atom stereocenters. The molecular formula is C17H21NO4. The lowest BCUT2D eigenvalue weighted by Gasteiger charge is -2.16. The van der Waals surface area contributed by atoms with E-state index >= 15 is 0 Å². The molecule has 1 aliphatic rings. The molecule has 0 spiro atoms. The number of amides is 1. The van der Waals surface area contributed by atoms with E-state index < -0.39 is 0 Å². The second kappa shape index (κ2) is 7.08. The minimum atomic E-state index is -0.153. The van der Waals surface area contributed by atoms with E-state index in [1.165, 1.54) is 27.1 Å². The van der Waals surface area contributed by atoms with Crippen molar-refractivity contribution in [2.75, 3.05) is 20.8 Å². The second-order valence-corrected chi connectivity index (χ2v) is 5.30. The topological polar surface area (TPSA) is 56.8 Å². The van der Waals surface area contributed by atoms with Gasteiger partial charge in [-0.05, 0) is 37.8 Å². The fourth-order valence-corrected chi connectivity index (χ4v) is 2.27. The lowest BCUT2D eigenvalue weighted by atomic mass is 10.1. The van der Waals surface area contributed by atoms with Crippen LogP contribution in [0.2, 0.25) is 0 Å². The zero-order valence-electron chi connectivity index (χ0n) is 13.1. The monoisotopic (exact) mass is 303 g/mol. The van der Waals surface area contributed by atoms with Crippen molar-refractivity contribution in [2.24, 2.45) is 5.92 Å². The standard InChI is InChI=1S/C17H21NO4/c1-5-8-22-16-14(20-3)9-13(10-15(16)21-4)17(19)18-11(2)12-6-7-12/h1,9-12H,6-8H2,2-4H3,(H,18,19). The third-order valence-corrected chi connectivity index (χ3v) is 3.71. The first kappa shape index (κ1) is 16.0. The Morgan fingerprint density at radius 3 is 2.41 bits per heavy atom. The van der Waals surface area contributed by atoms with Crippen LogP contribution in [0.5, 0.6) is 17.2 Å². The Morgan fingerprint density at radius 1 is 1.36 bits per heavy atom. The highest BCUT2D eigenvalue weighted by molar-refractivity contribution is 5.95. The number of benzene rings is 1. The summed E-state index contributed by atoms with van der Waals surface area (Å²) in [5.41, 5.74) is 0.467. The maximum Gasteiger partial charge on any atom is 0.251 e. The van der Waals surface area contributed by atoms with Crippen molar-refractivity contribution in [3.63, 3.8) is 0 Å². The Hall–Kier alpha value is -2.35. The van der Waals surface area contributed by atoms with E-state index in [2.05, 4.69) is 11.2 Å². The van der Waals surface area contributed by atoms with Gasteiger partial charge in [0.15, 0.2) is 11.5 Å². The molecule has 22 heavy (non-hydrogen) atoms. The van der Waals surface area contributed by atoms with Gasteiger partial charge in [-0.3, -0.25) is 4.79 Å². The molecule has 1 saturated carbocycles. The van der Waals surface area contributed by atoms with Crippen LogP contribution in [0.25, 0.3) is 0 Å². The number of nitrogens with one attached hydrogen (secondary N) is 1. The van der Waals surface area contributed by atoms with Gasteiger partial charge >= 0.3 is 0 Å². The molecule has 1 N–H and O–H groups in total. The summed E-state index contributed by atoms with van der Waals surface area (Å²) in [6, 6.07) is 3.42. The molecule has 0 aromatic heterocycles. The third-order valence-electron chi connectivity index (χ3n) is 3.71. The molecule has 1 aromatic carbocycles. The normalized spacial score (nSPS) is 14.6. The van der Waals surface area contributed by atoms with E-state index in [-0.39, 0.29) is 18.6 Å². The van der Waals surface area contributed by atoms with Gasteiger partial charge in [0.25, 0.3) is 5.91 Å². The van der Waals surface area contributed by atoms with E-state index in [4.69, 9.17) is 20.6 Å². The van der Waals surface area contributed by atoms with Gasteiger partial charge < -0.3 is 19.5 Å². The molecule has 118 valence electrons. The number of rotatable bonds is 7. The Labute approximate surface area is 130 Å². The summed E-state index contributed by atoms with van der Waals surface area (Å²) >= 11 is 0. The molecule has 5 heteroatoms. The molecule has 1 amide bonds. The van der Waals surface area contributed by atoms with Crippen molar-refractivity contribution >= 4 is 5.91 Å². The molecule has 5 nitrogen and oxygen atoms in total. The average Bonchev–Trinajstić information content (AvgIpc) is 3.36. The molecule has 1 unspecified atom stereocenters. The van der Waals surface area contributed by atoms with Crippen molar-refractivity contribution in [3.05, 3.63) is 17.7 Å². The van der Waals surface area contributed by atoms with E-state index in [9.17, 15) is 4.79 Å². The first-order valence-corrected chi connectivity index (χ1v) is 7.23. The van der Waals surface area contributed by atoms with Crippen LogP contribution in [-0.4, -0.2) is 32.8 Å². The van der Waals surface area contributed by atoms with Crippen LogP contribution in [0.15, 0.2) is 12.1 Å². The zero-order valence-corrected chi connectivity index (χ0v) is 13.1. The van der Waals surface area contributed by atoms with E-state index in [0.717, 1.165) is 0 Å². The quantitative estimate of drug-likeness (QED) is 0.785. The summed E-state index contributed by atoms with van der Waals surface area (Å²) in [6.07, 6.45) is 7.55. The van der Waals surface area contributed by atoms with Crippen LogP contribution < -0.4 is 19.5 Å². The largest absolute Gasteiger partial charge is 0.493 e. The molecule has 0 aliphatic heterocycles. The number of hydrogen-bond acceptors (Lipinski definition) is 4.